The summed E-state index contributed by atoms with van der Waals surface area (Å²) in [5, 5.41) is 18.8. The summed E-state index contributed by atoms with van der Waals surface area (Å²) in [7, 11) is 0. The van der Waals surface area contributed by atoms with Crippen LogP contribution >= 0.6 is 0 Å². The summed E-state index contributed by atoms with van der Waals surface area (Å²) in [6, 6.07) is 0.652. The number of fused-ring (bicyclic) bond motifs is 5. The van der Waals surface area contributed by atoms with Crippen LogP contribution in [0.3, 0.4) is 0 Å². The van der Waals surface area contributed by atoms with Gasteiger partial charge in [0, 0.05) is 6.04 Å². The summed E-state index contributed by atoms with van der Waals surface area (Å²) in [4.78, 5) is 0. The highest BCUT2D eigenvalue weighted by Crippen LogP contribution is 2.67. The van der Waals surface area contributed by atoms with Gasteiger partial charge in [0.25, 0.3) is 0 Å². The van der Waals surface area contributed by atoms with E-state index < -0.39 is 0 Å². The Labute approximate surface area is 191 Å². The molecule has 0 aromatic carbocycles. The average molecular weight is 434 g/mol. The van der Waals surface area contributed by atoms with Crippen LogP contribution in [0.25, 0.3) is 0 Å². The zero-order chi connectivity index (χ0) is 22.1. The van der Waals surface area contributed by atoms with Crippen LogP contribution in [-0.2, 0) is 0 Å². The quantitative estimate of drug-likeness (QED) is 0.409. The Morgan fingerprint density at radius 2 is 1.61 bits per heavy atom. The lowest BCUT2D eigenvalue weighted by molar-refractivity contribution is -0.164. The minimum Gasteiger partial charge on any atom is -0.393 e. The lowest BCUT2D eigenvalue weighted by Gasteiger charge is -2.62. The van der Waals surface area contributed by atoms with Gasteiger partial charge in [-0.05, 0) is 137 Å². The zero-order valence-electron chi connectivity index (χ0n) is 20.7. The van der Waals surface area contributed by atoms with Gasteiger partial charge in [-0.25, -0.2) is 0 Å². The first-order valence-electron chi connectivity index (χ1n) is 13.7. The van der Waals surface area contributed by atoms with E-state index >= 15 is 0 Å². The Hall–Kier alpha value is -0.160. The fourth-order valence-electron chi connectivity index (χ4n) is 8.71. The smallest absolute Gasteiger partial charge is 0.0577 e. The summed E-state index contributed by atoms with van der Waals surface area (Å²) >= 11 is 0. The maximum Gasteiger partial charge on any atom is 0.0577 e. The maximum absolute atomic E-state index is 11.4. The van der Waals surface area contributed by atoms with Crippen molar-refractivity contribution in [3.63, 3.8) is 0 Å². The van der Waals surface area contributed by atoms with Crippen LogP contribution in [0.2, 0.25) is 0 Å². The number of nitrogens with one attached hydrogen (secondary N) is 2. The van der Waals surface area contributed by atoms with E-state index in [1.807, 2.05) is 0 Å². The van der Waals surface area contributed by atoms with Gasteiger partial charge in [-0.2, -0.15) is 0 Å². The number of hydrogen-bond donors (Lipinski definition) is 4. The molecule has 4 heteroatoms. The highest BCUT2D eigenvalue weighted by atomic mass is 16.3. The molecule has 0 amide bonds. The van der Waals surface area contributed by atoms with Gasteiger partial charge >= 0.3 is 0 Å². The Kier molecular flexibility index (Phi) is 7.73. The molecule has 0 aliphatic heterocycles. The molecule has 9 unspecified atom stereocenters. The first kappa shape index (κ1) is 24.0. The van der Waals surface area contributed by atoms with Gasteiger partial charge in [0.15, 0.2) is 0 Å². The molecule has 5 N–H and O–H groups in total. The average Bonchev–Trinajstić information content (AvgIpc) is 3.05. The molecule has 9 atom stereocenters. The van der Waals surface area contributed by atoms with Crippen molar-refractivity contribution in [2.45, 2.75) is 104 Å². The van der Waals surface area contributed by atoms with E-state index in [9.17, 15) is 5.11 Å². The maximum atomic E-state index is 11.4. The number of nitrogens with two attached hydrogens (primary N) is 1. The van der Waals surface area contributed by atoms with Crippen molar-refractivity contribution in [2.75, 3.05) is 26.2 Å². The van der Waals surface area contributed by atoms with E-state index in [0.29, 0.717) is 28.7 Å². The van der Waals surface area contributed by atoms with Gasteiger partial charge in [0.2, 0.25) is 0 Å². The molecule has 4 saturated carbocycles. The highest BCUT2D eigenvalue weighted by molar-refractivity contribution is 5.11. The van der Waals surface area contributed by atoms with E-state index in [0.717, 1.165) is 56.8 Å². The number of hydrogen-bond acceptors (Lipinski definition) is 4. The summed E-state index contributed by atoms with van der Waals surface area (Å²) < 4.78 is 0. The minimum atomic E-state index is -0.0607. The van der Waals surface area contributed by atoms with Gasteiger partial charge in [0.05, 0.1) is 6.10 Å². The Balaban J connectivity index is 1.28. The number of aliphatic hydroxyl groups is 1. The summed E-state index contributed by atoms with van der Waals surface area (Å²) in [6.07, 6.45) is 14.0. The van der Waals surface area contributed by atoms with E-state index in [2.05, 4.69) is 31.4 Å². The van der Waals surface area contributed by atoms with Gasteiger partial charge in [-0.1, -0.05) is 20.8 Å². The minimum absolute atomic E-state index is 0.0607. The van der Waals surface area contributed by atoms with Crippen LogP contribution in [0.1, 0.15) is 91.4 Å². The SMILES string of the molecule is CC1CCC2C3C(O)CC4CC(NCCCNCCCCN)CCC4(C)C3CCC12C. The van der Waals surface area contributed by atoms with Crippen molar-refractivity contribution in [1.82, 2.24) is 10.6 Å². The Morgan fingerprint density at radius 1 is 0.871 bits per heavy atom. The molecule has 4 fully saturated rings. The third-order valence-electron chi connectivity index (χ3n) is 10.9. The van der Waals surface area contributed by atoms with Gasteiger partial charge in [-0.3, -0.25) is 0 Å². The summed E-state index contributed by atoms with van der Waals surface area (Å²) in [6.45, 7) is 11.8. The van der Waals surface area contributed by atoms with Crippen LogP contribution in [0.4, 0.5) is 0 Å². The first-order valence-corrected chi connectivity index (χ1v) is 13.7. The molecule has 4 nitrogen and oxygen atoms in total. The van der Waals surface area contributed by atoms with Crippen LogP contribution in [-0.4, -0.2) is 43.4 Å². The van der Waals surface area contributed by atoms with Gasteiger partial charge in [-0.15, -0.1) is 0 Å². The first-order chi connectivity index (χ1) is 14.9. The topological polar surface area (TPSA) is 70.3 Å². The Morgan fingerprint density at radius 3 is 2.42 bits per heavy atom. The standard InChI is InChI=1S/C27H51N3O/c1-19-7-8-22-25-23(10-12-26(19,22)2)27(3)11-9-21(17-20(27)18-24(25)31)30-16-6-15-29-14-5-4-13-28/h19-25,29-31H,4-18,28H2,1-3H3. The zero-order valence-corrected chi connectivity index (χ0v) is 20.7. The van der Waals surface area contributed by atoms with Crippen molar-refractivity contribution in [3.8, 4) is 0 Å². The lowest BCUT2D eigenvalue weighted by atomic mass is 9.44. The van der Waals surface area contributed by atoms with E-state index in [-0.39, 0.29) is 6.10 Å². The molecule has 4 aliphatic rings. The molecule has 0 saturated heterocycles. The molecule has 0 radical (unpaired) electrons. The summed E-state index contributed by atoms with van der Waals surface area (Å²) in [5.41, 5.74) is 6.50. The van der Waals surface area contributed by atoms with Crippen molar-refractivity contribution in [1.29, 1.82) is 0 Å². The monoisotopic (exact) mass is 433 g/mol. The van der Waals surface area contributed by atoms with E-state index in [4.69, 9.17) is 5.73 Å². The Bertz CT molecular complexity index is 585. The van der Waals surface area contributed by atoms with Gasteiger partial charge in [0.1, 0.15) is 0 Å². The molecule has 180 valence electrons. The van der Waals surface area contributed by atoms with Crippen molar-refractivity contribution >= 4 is 0 Å². The largest absolute Gasteiger partial charge is 0.393 e. The molecule has 0 aromatic rings. The second-order valence-corrected chi connectivity index (χ2v) is 12.3. The van der Waals surface area contributed by atoms with Crippen LogP contribution in [0, 0.1) is 40.4 Å². The van der Waals surface area contributed by atoms with E-state index in [1.54, 1.807) is 0 Å². The van der Waals surface area contributed by atoms with E-state index in [1.165, 1.54) is 57.8 Å². The fraction of sp³-hybridized carbons (Fsp3) is 1.00. The molecule has 0 spiro atoms. The molecule has 4 rings (SSSR count). The van der Waals surface area contributed by atoms with Crippen LogP contribution in [0.15, 0.2) is 0 Å². The van der Waals surface area contributed by atoms with Crippen molar-refractivity contribution in [3.05, 3.63) is 0 Å². The number of aliphatic hydroxyl groups excluding tert-OH is 1. The number of unbranched alkanes of at least 4 members (excludes halogenated alkanes) is 1. The van der Waals surface area contributed by atoms with Crippen molar-refractivity contribution < 1.29 is 5.11 Å². The molecule has 31 heavy (non-hydrogen) atoms. The van der Waals surface area contributed by atoms with Crippen molar-refractivity contribution in [2.24, 2.45) is 46.2 Å². The fourth-order valence-corrected chi connectivity index (χ4v) is 8.71. The molecular formula is C27H51N3O. The second-order valence-electron chi connectivity index (χ2n) is 12.3. The van der Waals surface area contributed by atoms with Gasteiger partial charge < -0.3 is 21.5 Å². The second kappa shape index (κ2) is 9.99. The summed E-state index contributed by atoms with van der Waals surface area (Å²) in [5.74, 6) is 3.63. The number of rotatable bonds is 9. The normalized spacial score (nSPS) is 46.9. The lowest BCUT2D eigenvalue weighted by Crippen LogP contribution is -2.59. The van der Waals surface area contributed by atoms with Crippen LogP contribution in [0.5, 0.6) is 0 Å². The molecule has 4 aliphatic carbocycles. The molecule has 0 aromatic heterocycles. The highest BCUT2D eigenvalue weighted by Gasteiger charge is 2.61. The third kappa shape index (κ3) is 4.61. The molecular weight excluding hydrogens is 382 g/mol. The van der Waals surface area contributed by atoms with Crippen LogP contribution < -0.4 is 16.4 Å². The molecule has 0 bridgehead atoms. The predicted molar refractivity (Wildman–Crippen MR) is 130 cm³/mol. The molecule has 0 heterocycles. The third-order valence-corrected chi connectivity index (χ3v) is 10.9. The predicted octanol–water partition coefficient (Wildman–Crippen LogP) is 4.31.